The van der Waals surface area contributed by atoms with E-state index < -0.39 is 0 Å². The van der Waals surface area contributed by atoms with E-state index in [1.807, 2.05) is 55.5 Å². The molecule has 0 amide bonds. The molecule has 0 heterocycles. The number of benzene rings is 2. The van der Waals surface area contributed by atoms with E-state index in [-0.39, 0.29) is 0 Å². The molecule has 0 aliphatic rings. The van der Waals surface area contributed by atoms with E-state index in [4.69, 9.17) is 10.5 Å². The summed E-state index contributed by atoms with van der Waals surface area (Å²) in [7, 11) is 0. The van der Waals surface area contributed by atoms with Gasteiger partial charge in [0.2, 0.25) is 0 Å². The van der Waals surface area contributed by atoms with E-state index in [0.717, 1.165) is 23.4 Å². The van der Waals surface area contributed by atoms with Gasteiger partial charge in [-0.2, -0.15) is 0 Å². The normalized spacial score (nSPS) is 11.2. The second-order valence-electron chi connectivity index (χ2n) is 4.55. The first-order chi connectivity index (χ1) is 10.3. The van der Waals surface area contributed by atoms with Crippen LogP contribution in [0.25, 0.3) is 0 Å². The molecule has 0 radical (unpaired) electrons. The van der Waals surface area contributed by atoms with Gasteiger partial charge < -0.3 is 15.8 Å². The van der Waals surface area contributed by atoms with Crippen LogP contribution >= 0.6 is 0 Å². The third kappa shape index (κ3) is 4.84. The number of nitrogens with zero attached hydrogens (tertiary/aromatic N) is 1. The van der Waals surface area contributed by atoms with Crippen LogP contribution in [-0.4, -0.2) is 19.1 Å². The van der Waals surface area contributed by atoms with Crippen molar-refractivity contribution >= 4 is 11.6 Å². The monoisotopic (exact) mass is 283 g/mol. The molecule has 4 nitrogen and oxygen atoms in total. The standard InChI is InChI=1S/C17H21N3O/c1-2-21-16-11-7-6-8-14(16)12-13-19-17(18)20-15-9-4-3-5-10-15/h3-11H,2,12-13H2,1H3,(H3,18,19,20). The van der Waals surface area contributed by atoms with Gasteiger partial charge in [-0.3, -0.25) is 4.99 Å². The van der Waals surface area contributed by atoms with E-state index in [2.05, 4.69) is 16.4 Å². The summed E-state index contributed by atoms with van der Waals surface area (Å²) in [6, 6.07) is 17.8. The second-order valence-corrected chi connectivity index (χ2v) is 4.55. The summed E-state index contributed by atoms with van der Waals surface area (Å²) < 4.78 is 5.59. The Bertz CT molecular complexity index is 582. The third-order valence-electron chi connectivity index (χ3n) is 2.98. The van der Waals surface area contributed by atoms with Gasteiger partial charge in [0.1, 0.15) is 5.75 Å². The highest BCUT2D eigenvalue weighted by molar-refractivity contribution is 5.92. The minimum atomic E-state index is 0.426. The lowest BCUT2D eigenvalue weighted by Crippen LogP contribution is -2.23. The number of nitrogens with one attached hydrogen (secondary N) is 1. The van der Waals surface area contributed by atoms with Crippen molar-refractivity contribution in [3.63, 3.8) is 0 Å². The maximum atomic E-state index is 5.87. The van der Waals surface area contributed by atoms with E-state index in [9.17, 15) is 0 Å². The summed E-state index contributed by atoms with van der Waals surface area (Å²) in [5, 5.41) is 3.06. The van der Waals surface area contributed by atoms with Crippen LogP contribution in [0.5, 0.6) is 5.75 Å². The van der Waals surface area contributed by atoms with Crippen molar-refractivity contribution in [2.45, 2.75) is 13.3 Å². The van der Waals surface area contributed by atoms with Crippen molar-refractivity contribution in [3.05, 3.63) is 60.2 Å². The first kappa shape index (κ1) is 14.9. The fraction of sp³-hybridized carbons (Fsp3) is 0.235. The predicted octanol–water partition coefficient (Wildman–Crippen LogP) is 3.05. The number of ether oxygens (including phenoxy) is 1. The second kappa shape index (κ2) is 7.94. The van der Waals surface area contributed by atoms with Gasteiger partial charge >= 0.3 is 0 Å². The number of rotatable bonds is 6. The summed E-state index contributed by atoms with van der Waals surface area (Å²) in [4.78, 5) is 4.34. The lowest BCUT2D eigenvalue weighted by molar-refractivity contribution is 0.336. The van der Waals surface area contributed by atoms with Gasteiger partial charge in [-0.15, -0.1) is 0 Å². The minimum absolute atomic E-state index is 0.426. The molecule has 0 fully saturated rings. The zero-order valence-corrected chi connectivity index (χ0v) is 12.3. The molecule has 0 aliphatic carbocycles. The Kier molecular flexibility index (Phi) is 5.64. The van der Waals surface area contributed by atoms with Crippen molar-refractivity contribution in [2.24, 2.45) is 10.7 Å². The number of hydrogen-bond donors (Lipinski definition) is 2. The van der Waals surface area contributed by atoms with Crippen molar-refractivity contribution in [3.8, 4) is 5.75 Å². The van der Waals surface area contributed by atoms with Crippen LogP contribution < -0.4 is 15.8 Å². The average molecular weight is 283 g/mol. The fourth-order valence-electron chi connectivity index (χ4n) is 2.01. The molecule has 0 saturated carbocycles. The number of aliphatic imine (C=N–C) groups is 1. The lowest BCUT2D eigenvalue weighted by Gasteiger charge is -2.09. The number of anilines is 1. The molecule has 21 heavy (non-hydrogen) atoms. The highest BCUT2D eigenvalue weighted by Crippen LogP contribution is 2.18. The molecule has 2 aromatic rings. The van der Waals surface area contributed by atoms with Crippen LogP contribution in [0.2, 0.25) is 0 Å². The van der Waals surface area contributed by atoms with Crippen LogP contribution in [0.3, 0.4) is 0 Å². The van der Waals surface area contributed by atoms with Gasteiger partial charge in [0, 0.05) is 12.2 Å². The molecule has 0 spiro atoms. The van der Waals surface area contributed by atoms with Gasteiger partial charge in [-0.1, -0.05) is 36.4 Å². The van der Waals surface area contributed by atoms with Crippen LogP contribution in [0.4, 0.5) is 5.69 Å². The van der Waals surface area contributed by atoms with Crippen molar-refractivity contribution in [1.82, 2.24) is 0 Å². The molecular weight excluding hydrogens is 262 g/mol. The molecule has 2 aromatic carbocycles. The first-order valence-electron chi connectivity index (χ1n) is 7.12. The molecule has 3 N–H and O–H groups in total. The van der Waals surface area contributed by atoms with Crippen LogP contribution in [-0.2, 0) is 6.42 Å². The molecule has 0 saturated heterocycles. The molecule has 0 aliphatic heterocycles. The highest BCUT2D eigenvalue weighted by Gasteiger charge is 2.01. The number of hydrogen-bond acceptors (Lipinski definition) is 2. The first-order valence-corrected chi connectivity index (χ1v) is 7.12. The molecular formula is C17H21N3O. The molecule has 4 heteroatoms. The number of nitrogens with two attached hydrogens (primary N) is 1. The Labute approximate surface area is 125 Å². The van der Waals surface area contributed by atoms with Gasteiger partial charge in [0.05, 0.1) is 6.61 Å². The summed E-state index contributed by atoms with van der Waals surface area (Å²) in [5.41, 5.74) is 7.96. The largest absolute Gasteiger partial charge is 0.494 e. The van der Waals surface area contributed by atoms with Gasteiger partial charge in [-0.05, 0) is 37.1 Å². The smallest absolute Gasteiger partial charge is 0.193 e. The van der Waals surface area contributed by atoms with Crippen LogP contribution in [0, 0.1) is 0 Å². The third-order valence-corrected chi connectivity index (χ3v) is 2.98. The minimum Gasteiger partial charge on any atom is -0.494 e. The van der Waals surface area contributed by atoms with Gasteiger partial charge in [-0.25, -0.2) is 0 Å². The maximum absolute atomic E-state index is 5.87. The van der Waals surface area contributed by atoms with E-state index in [0.29, 0.717) is 19.1 Å². The number of guanidine groups is 1. The number of para-hydroxylation sites is 2. The molecule has 0 unspecified atom stereocenters. The molecule has 0 bridgehead atoms. The topological polar surface area (TPSA) is 59.6 Å². The van der Waals surface area contributed by atoms with Crippen molar-refractivity contribution in [1.29, 1.82) is 0 Å². The Balaban J connectivity index is 1.90. The Morgan fingerprint density at radius 1 is 1.10 bits per heavy atom. The maximum Gasteiger partial charge on any atom is 0.193 e. The zero-order chi connectivity index (χ0) is 14.9. The molecule has 2 rings (SSSR count). The SMILES string of the molecule is CCOc1ccccc1CCN=C(N)Nc1ccccc1. The zero-order valence-electron chi connectivity index (χ0n) is 12.3. The van der Waals surface area contributed by atoms with Crippen molar-refractivity contribution < 1.29 is 4.74 Å². The van der Waals surface area contributed by atoms with E-state index in [1.54, 1.807) is 0 Å². The van der Waals surface area contributed by atoms with Gasteiger partial charge in [0.25, 0.3) is 0 Å². The Hall–Kier alpha value is -2.49. The molecule has 110 valence electrons. The average Bonchev–Trinajstić information content (AvgIpc) is 2.50. The summed E-state index contributed by atoms with van der Waals surface area (Å²) in [5.74, 6) is 1.35. The van der Waals surface area contributed by atoms with E-state index >= 15 is 0 Å². The van der Waals surface area contributed by atoms with Crippen LogP contribution in [0.15, 0.2) is 59.6 Å². The summed E-state index contributed by atoms with van der Waals surface area (Å²) in [6.07, 6.45) is 0.799. The Morgan fingerprint density at radius 2 is 1.81 bits per heavy atom. The fourth-order valence-corrected chi connectivity index (χ4v) is 2.01. The van der Waals surface area contributed by atoms with Gasteiger partial charge in [0.15, 0.2) is 5.96 Å². The van der Waals surface area contributed by atoms with E-state index in [1.165, 1.54) is 0 Å². The Morgan fingerprint density at radius 3 is 2.57 bits per heavy atom. The molecule has 0 atom stereocenters. The van der Waals surface area contributed by atoms with Crippen LogP contribution in [0.1, 0.15) is 12.5 Å². The van der Waals surface area contributed by atoms with Crippen molar-refractivity contribution in [2.75, 3.05) is 18.5 Å². The molecule has 0 aromatic heterocycles. The highest BCUT2D eigenvalue weighted by atomic mass is 16.5. The summed E-state index contributed by atoms with van der Waals surface area (Å²) in [6.45, 7) is 3.27. The summed E-state index contributed by atoms with van der Waals surface area (Å²) >= 11 is 0. The predicted molar refractivity (Wildman–Crippen MR) is 87.9 cm³/mol. The quantitative estimate of drug-likeness (QED) is 0.633. The lowest BCUT2D eigenvalue weighted by atomic mass is 10.1.